The Hall–Kier alpha value is -4.93. The van der Waals surface area contributed by atoms with Crippen molar-refractivity contribution in [2.24, 2.45) is 0 Å². The summed E-state index contributed by atoms with van der Waals surface area (Å²) in [6, 6.07) is 15.4. The van der Waals surface area contributed by atoms with E-state index in [0.717, 1.165) is 23.0 Å². The molecule has 3 aromatic heterocycles. The minimum absolute atomic E-state index is 0.346. The minimum Gasteiger partial charge on any atom is -0.493 e. The Labute approximate surface area is 213 Å². The summed E-state index contributed by atoms with van der Waals surface area (Å²) in [7, 11) is 4.69. The molecule has 0 spiro atoms. The third kappa shape index (κ3) is 5.06. The number of fused-ring (bicyclic) bond motifs is 1. The molecule has 11 heteroatoms. The number of ether oxygens (including phenoxy) is 3. The van der Waals surface area contributed by atoms with E-state index >= 15 is 0 Å². The Kier molecular flexibility index (Phi) is 6.93. The van der Waals surface area contributed by atoms with Crippen LogP contribution in [-0.4, -0.2) is 57.4 Å². The van der Waals surface area contributed by atoms with Gasteiger partial charge in [0.25, 0.3) is 0 Å². The molecule has 0 amide bonds. The van der Waals surface area contributed by atoms with Crippen LogP contribution < -0.4 is 24.8 Å². The van der Waals surface area contributed by atoms with E-state index in [1.807, 2.05) is 47.2 Å². The molecule has 3 heterocycles. The molecule has 0 aliphatic heterocycles. The Morgan fingerprint density at radius 2 is 1.70 bits per heavy atom. The number of aromatic nitrogens is 6. The molecule has 0 aliphatic rings. The fraction of sp³-hybridized carbons (Fsp3) is 0.192. The molecule has 37 heavy (non-hydrogen) atoms. The molecule has 0 saturated heterocycles. The van der Waals surface area contributed by atoms with Gasteiger partial charge in [-0.15, -0.1) is 0 Å². The van der Waals surface area contributed by atoms with Gasteiger partial charge in [0.05, 0.1) is 32.4 Å². The van der Waals surface area contributed by atoms with Crippen LogP contribution in [0.2, 0.25) is 0 Å². The lowest BCUT2D eigenvalue weighted by Gasteiger charge is -2.15. The summed E-state index contributed by atoms with van der Waals surface area (Å²) in [5.41, 5.74) is 3.49. The van der Waals surface area contributed by atoms with Crippen molar-refractivity contribution in [3.05, 3.63) is 72.8 Å². The molecule has 0 atom stereocenters. The summed E-state index contributed by atoms with van der Waals surface area (Å²) in [6.07, 6.45) is 5.87. The predicted molar refractivity (Wildman–Crippen MR) is 140 cm³/mol. The first-order valence-electron chi connectivity index (χ1n) is 11.6. The zero-order valence-corrected chi connectivity index (χ0v) is 20.7. The quantitative estimate of drug-likeness (QED) is 0.292. The third-order valence-electron chi connectivity index (χ3n) is 5.66. The average Bonchev–Trinajstić information content (AvgIpc) is 3.31. The number of pyridine rings is 1. The lowest BCUT2D eigenvalue weighted by molar-refractivity contribution is 0.324. The molecule has 0 radical (unpaired) electrons. The van der Waals surface area contributed by atoms with Crippen LogP contribution in [0.15, 0.2) is 67.3 Å². The number of benzene rings is 2. The highest BCUT2D eigenvalue weighted by atomic mass is 16.5. The van der Waals surface area contributed by atoms with Gasteiger partial charge < -0.3 is 24.8 Å². The van der Waals surface area contributed by atoms with E-state index in [1.54, 1.807) is 39.7 Å². The van der Waals surface area contributed by atoms with Gasteiger partial charge in [-0.3, -0.25) is 4.98 Å². The summed E-state index contributed by atoms with van der Waals surface area (Å²) >= 11 is 0. The van der Waals surface area contributed by atoms with Gasteiger partial charge in [-0.2, -0.15) is 4.98 Å². The zero-order valence-electron chi connectivity index (χ0n) is 20.7. The Balaban J connectivity index is 1.46. The second-order valence-corrected chi connectivity index (χ2v) is 7.95. The highest BCUT2D eigenvalue weighted by molar-refractivity contribution is 5.80. The highest BCUT2D eigenvalue weighted by Crippen LogP contribution is 2.40. The first kappa shape index (κ1) is 23.8. The number of anilines is 3. The molecule has 0 saturated carbocycles. The Morgan fingerprint density at radius 3 is 2.43 bits per heavy atom. The third-order valence-corrected chi connectivity index (χ3v) is 5.66. The van der Waals surface area contributed by atoms with Crippen molar-refractivity contribution < 1.29 is 14.2 Å². The lowest BCUT2D eigenvalue weighted by atomic mass is 10.2. The second-order valence-electron chi connectivity index (χ2n) is 7.95. The predicted octanol–water partition coefficient (Wildman–Crippen LogP) is 4.03. The topological polar surface area (TPSA) is 121 Å². The number of hydrogen-bond acceptors (Lipinski definition) is 10. The Bertz CT molecular complexity index is 1480. The molecule has 188 valence electrons. The number of rotatable bonds is 10. The molecule has 0 fully saturated rings. The van der Waals surface area contributed by atoms with E-state index in [4.69, 9.17) is 19.2 Å². The molecular formula is C26H26N8O3. The molecule has 0 bridgehead atoms. The summed E-state index contributed by atoms with van der Waals surface area (Å²) in [5, 5.41) is 6.62. The molecule has 0 aliphatic carbocycles. The fourth-order valence-electron chi connectivity index (χ4n) is 3.95. The van der Waals surface area contributed by atoms with Gasteiger partial charge in [-0.05, 0) is 30.2 Å². The van der Waals surface area contributed by atoms with Crippen LogP contribution in [0.4, 0.5) is 17.6 Å². The first-order chi connectivity index (χ1) is 18.2. The van der Waals surface area contributed by atoms with Crippen LogP contribution in [-0.2, 0) is 6.42 Å². The average molecular weight is 499 g/mol. The van der Waals surface area contributed by atoms with E-state index in [2.05, 4.69) is 30.6 Å². The van der Waals surface area contributed by atoms with Crippen LogP contribution in [0.3, 0.4) is 0 Å². The number of nitrogens with one attached hydrogen (secondary N) is 2. The van der Waals surface area contributed by atoms with Gasteiger partial charge in [0.1, 0.15) is 6.33 Å². The SMILES string of the molecule is COc1cc(Nc2ncnc(-n3c(NCCc4cccnc4)nc4ccccc43)n2)cc(OC)c1OC. The van der Waals surface area contributed by atoms with Gasteiger partial charge in [-0.1, -0.05) is 18.2 Å². The summed E-state index contributed by atoms with van der Waals surface area (Å²) in [4.78, 5) is 22.4. The van der Waals surface area contributed by atoms with E-state index in [9.17, 15) is 0 Å². The summed E-state index contributed by atoms with van der Waals surface area (Å²) in [5.74, 6) is 2.92. The zero-order chi connectivity index (χ0) is 25.6. The maximum Gasteiger partial charge on any atom is 0.241 e. The van der Waals surface area contributed by atoms with Crippen molar-refractivity contribution in [1.29, 1.82) is 0 Å². The highest BCUT2D eigenvalue weighted by Gasteiger charge is 2.17. The number of imidazole rings is 1. The van der Waals surface area contributed by atoms with E-state index in [-0.39, 0.29) is 0 Å². The fourth-order valence-corrected chi connectivity index (χ4v) is 3.95. The van der Waals surface area contributed by atoms with Crippen LogP contribution in [0.5, 0.6) is 17.2 Å². The van der Waals surface area contributed by atoms with Crippen molar-refractivity contribution in [1.82, 2.24) is 29.5 Å². The monoisotopic (exact) mass is 498 g/mol. The molecule has 5 aromatic rings. The summed E-state index contributed by atoms with van der Waals surface area (Å²) in [6.45, 7) is 0.663. The largest absolute Gasteiger partial charge is 0.493 e. The van der Waals surface area contributed by atoms with Crippen molar-refractivity contribution in [2.45, 2.75) is 6.42 Å². The molecule has 11 nitrogen and oxygen atoms in total. The standard InChI is InChI=1S/C26H26N8O3/c1-35-21-13-18(14-22(36-2)23(21)37-3)31-24-29-16-30-26(33-24)34-20-9-5-4-8-19(20)32-25(34)28-12-10-17-7-6-11-27-15-17/h4-9,11,13-16H,10,12H2,1-3H3,(H,28,32)(H,29,30,31,33). The maximum atomic E-state index is 5.45. The van der Waals surface area contributed by atoms with Gasteiger partial charge in [0.2, 0.25) is 23.6 Å². The van der Waals surface area contributed by atoms with Crippen LogP contribution >= 0.6 is 0 Å². The van der Waals surface area contributed by atoms with Crippen LogP contribution in [0, 0.1) is 0 Å². The van der Waals surface area contributed by atoms with Gasteiger partial charge in [-0.25, -0.2) is 19.5 Å². The number of methoxy groups -OCH3 is 3. The molecular weight excluding hydrogens is 472 g/mol. The number of nitrogens with zero attached hydrogens (tertiary/aromatic N) is 6. The van der Waals surface area contributed by atoms with Crippen LogP contribution in [0.25, 0.3) is 17.0 Å². The van der Waals surface area contributed by atoms with E-state index in [1.165, 1.54) is 6.33 Å². The number of para-hydroxylation sites is 2. The number of hydrogen-bond donors (Lipinski definition) is 2. The van der Waals surface area contributed by atoms with Gasteiger partial charge >= 0.3 is 0 Å². The van der Waals surface area contributed by atoms with Crippen molar-refractivity contribution >= 4 is 28.6 Å². The summed E-state index contributed by atoms with van der Waals surface area (Å²) < 4.78 is 18.2. The lowest BCUT2D eigenvalue weighted by Crippen LogP contribution is -2.12. The molecule has 2 N–H and O–H groups in total. The molecule has 0 unspecified atom stereocenters. The normalized spacial score (nSPS) is 10.8. The molecule has 2 aromatic carbocycles. The van der Waals surface area contributed by atoms with E-state index in [0.29, 0.717) is 47.3 Å². The second kappa shape index (κ2) is 10.8. The Morgan fingerprint density at radius 1 is 0.892 bits per heavy atom. The first-order valence-corrected chi connectivity index (χ1v) is 11.6. The maximum absolute atomic E-state index is 5.45. The van der Waals surface area contributed by atoms with Crippen molar-refractivity contribution in [3.8, 4) is 23.2 Å². The smallest absolute Gasteiger partial charge is 0.241 e. The van der Waals surface area contributed by atoms with Crippen molar-refractivity contribution in [2.75, 3.05) is 38.5 Å². The van der Waals surface area contributed by atoms with Crippen molar-refractivity contribution in [3.63, 3.8) is 0 Å². The molecule has 5 rings (SSSR count). The van der Waals surface area contributed by atoms with Gasteiger partial charge in [0.15, 0.2) is 11.5 Å². The van der Waals surface area contributed by atoms with E-state index < -0.39 is 0 Å². The minimum atomic E-state index is 0.346. The van der Waals surface area contributed by atoms with Gasteiger partial charge in [0, 0.05) is 36.8 Å². The van der Waals surface area contributed by atoms with Crippen LogP contribution in [0.1, 0.15) is 5.56 Å².